The summed E-state index contributed by atoms with van der Waals surface area (Å²) in [4.78, 5) is 43.5. The highest BCUT2D eigenvalue weighted by molar-refractivity contribution is 6.31. The van der Waals surface area contributed by atoms with Gasteiger partial charge in [-0.25, -0.2) is 0 Å². The molecule has 1 aliphatic heterocycles. The Morgan fingerprint density at radius 3 is 2.45 bits per heavy atom. The molecule has 4 aromatic rings. The van der Waals surface area contributed by atoms with Crippen LogP contribution in [0.1, 0.15) is 59.3 Å². The van der Waals surface area contributed by atoms with Crippen LogP contribution in [0.3, 0.4) is 0 Å². The summed E-state index contributed by atoms with van der Waals surface area (Å²) in [5.74, 6) is -1.97. The van der Waals surface area contributed by atoms with Crippen molar-refractivity contribution in [1.82, 2.24) is 10.3 Å². The topological polar surface area (TPSA) is 138 Å². The number of aromatic hydroxyl groups is 2. The Morgan fingerprint density at radius 2 is 1.77 bits per heavy atom. The minimum atomic E-state index is -1.58. The Morgan fingerprint density at radius 1 is 1.07 bits per heavy atom. The van der Waals surface area contributed by atoms with Crippen LogP contribution in [0.2, 0.25) is 0 Å². The first kappa shape index (κ1) is 28.8. The molecule has 9 heteroatoms. The van der Waals surface area contributed by atoms with Crippen LogP contribution in [0, 0.1) is 6.92 Å². The normalized spacial score (nSPS) is 19.2. The van der Waals surface area contributed by atoms with E-state index in [1.807, 2.05) is 54.7 Å². The Kier molecular flexibility index (Phi) is 6.84. The number of fused-ring (bicyclic) bond motifs is 4. The van der Waals surface area contributed by atoms with Gasteiger partial charge in [0.2, 0.25) is 0 Å². The van der Waals surface area contributed by atoms with Crippen molar-refractivity contribution in [2.45, 2.75) is 39.0 Å². The van der Waals surface area contributed by atoms with Gasteiger partial charge in [0.25, 0.3) is 0 Å². The molecule has 0 saturated heterocycles. The molecule has 9 nitrogen and oxygen atoms in total. The quantitative estimate of drug-likeness (QED) is 0.126. The molecule has 1 aromatic heterocycles. The van der Waals surface area contributed by atoms with E-state index in [1.54, 1.807) is 21.0 Å². The van der Waals surface area contributed by atoms with Crippen molar-refractivity contribution < 1.29 is 34.1 Å². The second-order valence-electron chi connectivity index (χ2n) is 11.4. The molecule has 3 aromatic carbocycles. The first-order valence-corrected chi connectivity index (χ1v) is 14.2. The third-order valence-electron chi connectivity index (χ3n) is 8.85. The molecule has 224 valence electrons. The van der Waals surface area contributed by atoms with Crippen LogP contribution in [0.15, 0.2) is 77.8 Å². The minimum Gasteiger partial charge on any atom is -0.507 e. The van der Waals surface area contributed by atoms with Crippen LogP contribution in [-0.2, 0) is 15.0 Å². The zero-order valence-electron chi connectivity index (χ0n) is 25.0. The van der Waals surface area contributed by atoms with Crippen LogP contribution >= 0.6 is 0 Å². The third-order valence-corrected chi connectivity index (χ3v) is 8.85. The summed E-state index contributed by atoms with van der Waals surface area (Å²) in [5, 5.41) is 26.1. The molecule has 0 radical (unpaired) electrons. The zero-order chi connectivity index (χ0) is 31.5. The summed E-state index contributed by atoms with van der Waals surface area (Å²) in [6.07, 6.45) is 3.19. The summed E-state index contributed by atoms with van der Waals surface area (Å²) in [7, 11) is 1.61. The van der Waals surface area contributed by atoms with Gasteiger partial charge in [-0.3, -0.25) is 14.4 Å². The number of aromatic amines is 1. The standard InChI is InChI=1S/C35H32N2O7/c1-17-31(40)29(19(3)38)33-30(32(17)41)35(4)27(44-33)14-26(39)28(34(35)42)18(2)36-15-23(20-10-12-21(43-5)13-11-20)24-16-37-25-9-7-6-8-22(24)25/h6-14,16,23,36-37,40-41H,15H2,1-5H3/b28-18+/t23-,35-/m0/s1. The van der Waals surface area contributed by atoms with Gasteiger partial charge < -0.3 is 30.0 Å². The molecule has 2 heterocycles. The lowest BCUT2D eigenvalue weighted by Crippen LogP contribution is -2.41. The van der Waals surface area contributed by atoms with E-state index >= 15 is 0 Å². The lowest BCUT2D eigenvalue weighted by Gasteiger charge is -2.29. The maximum Gasteiger partial charge on any atom is 0.194 e. The fourth-order valence-electron chi connectivity index (χ4n) is 6.33. The monoisotopic (exact) mass is 592 g/mol. The van der Waals surface area contributed by atoms with Gasteiger partial charge in [-0.05, 0) is 57.0 Å². The molecule has 6 rings (SSSR count). The minimum absolute atomic E-state index is 0.00301. The van der Waals surface area contributed by atoms with Gasteiger partial charge in [0.1, 0.15) is 39.7 Å². The summed E-state index contributed by atoms with van der Waals surface area (Å²) < 4.78 is 11.2. The van der Waals surface area contributed by atoms with E-state index < -0.39 is 28.5 Å². The average Bonchev–Trinajstić information content (AvgIpc) is 3.56. The van der Waals surface area contributed by atoms with Crippen LogP contribution in [0.5, 0.6) is 23.0 Å². The molecule has 4 N–H and O–H groups in total. The van der Waals surface area contributed by atoms with Gasteiger partial charge in [-0.2, -0.15) is 0 Å². The highest BCUT2D eigenvalue weighted by atomic mass is 16.5. The average molecular weight is 593 g/mol. The van der Waals surface area contributed by atoms with Gasteiger partial charge in [0.05, 0.1) is 18.2 Å². The van der Waals surface area contributed by atoms with Gasteiger partial charge in [0.15, 0.2) is 17.3 Å². The van der Waals surface area contributed by atoms with E-state index in [1.165, 1.54) is 19.9 Å². The second-order valence-corrected chi connectivity index (χ2v) is 11.4. The number of Topliss-reactive ketones (excluding diaryl/α,β-unsaturated/α-hetero) is 2. The van der Waals surface area contributed by atoms with Crippen molar-refractivity contribution in [1.29, 1.82) is 0 Å². The number of phenols is 2. The lowest BCUT2D eigenvalue weighted by atomic mass is 9.70. The number of aromatic nitrogens is 1. The molecule has 0 spiro atoms. The predicted octanol–water partition coefficient (Wildman–Crippen LogP) is 5.48. The number of nitrogens with one attached hydrogen (secondary N) is 2. The number of ether oxygens (including phenoxy) is 2. The van der Waals surface area contributed by atoms with Crippen LogP contribution < -0.4 is 14.8 Å². The Balaban J connectivity index is 1.41. The number of allylic oxidation sites excluding steroid dienone is 4. The van der Waals surface area contributed by atoms with Gasteiger partial charge in [0, 0.05) is 46.9 Å². The highest BCUT2D eigenvalue weighted by Gasteiger charge is 2.56. The molecule has 0 saturated carbocycles. The number of carbonyl (C=O) groups excluding carboxylic acids is 3. The predicted molar refractivity (Wildman–Crippen MR) is 164 cm³/mol. The van der Waals surface area contributed by atoms with E-state index in [0.29, 0.717) is 12.2 Å². The summed E-state index contributed by atoms with van der Waals surface area (Å²) in [5.41, 5.74) is 1.71. The van der Waals surface area contributed by atoms with E-state index in [-0.39, 0.29) is 45.4 Å². The smallest absolute Gasteiger partial charge is 0.194 e. The molecular weight excluding hydrogens is 560 g/mol. The summed E-state index contributed by atoms with van der Waals surface area (Å²) in [6.45, 7) is 6.30. The highest BCUT2D eigenvalue weighted by Crippen LogP contribution is 2.57. The molecule has 0 amide bonds. The van der Waals surface area contributed by atoms with E-state index in [9.17, 15) is 24.6 Å². The van der Waals surface area contributed by atoms with Crippen LogP contribution in [0.25, 0.3) is 10.9 Å². The number of methoxy groups -OCH3 is 1. The largest absolute Gasteiger partial charge is 0.507 e. The van der Waals surface area contributed by atoms with Crippen molar-refractivity contribution in [3.05, 3.63) is 106 Å². The SMILES string of the molecule is COc1ccc([C@H](CN/C(C)=C2\C(=O)C=C3Oc4c(C(C)=O)c(O)c(C)c(O)c4[C@@]3(C)C2=O)c2c[nH]c3ccccc23)cc1. The maximum atomic E-state index is 14.2. The number of hydrogen-bond acceptors (Lipinski definition) is 8. The number of para-hydroxylation sites is 1. The van der Waals surface area contributed by atoms with Crippen molar-refractivity contribution in [2.75, 3.05) is 13.7 Å². The molecular formula is C35H32N2O7. The van der Waals surface area contributed by atoms with Crippen molar-refractivity contribution in [3.63, 3.8) is 0 Å². The fraction of sp³-hybridized carbons (Fsp3) is 0.229. The van der Waals surface area contributed by atoms with E-state index in [2.05, 4.69) is 10.3 Å². The van der Waals surface area contributed by atoms with Crippen LogP contribution in [0.4, 0.5) is 0 Å². The third kappa shape index (κ3) is 4.18. The Labute approximate surface area is 253 Å². The maximum absolute atomic E-state index is 14.2. The first-order chi connectivity index (χ1) is 21.0. The molecule has 0 bridgehead atoms. The zero-order valence-corrected chi connectivity index (χ0v) is 25.0. The van der Waals surface area contributed by atoms with Crippen molar-refractivity contribution >= 4 is 28.3 Å². The number of phenolic OH excluding ortho intramolecular Hbond substituents is 2. The molecule has 2 aliphatic rings. The lowest BCUT2D eigenvalue weighted by molar-refractivity contribution is -0.123. The molecule has 44 heavy (non-hydrogen) atoms. The number of hydrogen-bond donors (Lipinski definition) is 4. The molecule has 0 unspecified atom stereocenters. The Hall–Kier alpha value is -5.31. The van der Waals surface area contributed by atoms with Gasteiger partial charge in [-0.1, -0.05) is 30.3 Å². The van der Waals surface area contributed by atoms with Crippen LogP contribution in [-0.4, -0.2) is 46.2 Å². The van der Waals surface area contributed by atoms with Crippen molar-refractivity contribution in [3.8, 4) is 23.0 Å². The molecule has 1 aliphatic carbocycles. The molecule has 2 atom stereocenters. The van der Waals surface area contributed by atoms with Crippen molar-refractivity contribution in [2.24, 2.45) is 0 Å². The number of carbonyl (C=O) groups is 3. The fourth-order valence-corrected chi connectivity index (χ4v) is 6.33. The van der Waals surface area contributed by atoms with E-state index in [0.717, 1.165) is 27.8 Å². The number of rotatable bonds is 7. The molecule has 0 fully saturated rings. The Bertz CT molecular complexity index is 1950. The second kappa shape index (κ2) is 10.4. The number of H-pyrrole nitrogens is 1. The summed E-state index contributed by atoms with van der Waals surface area (Å²) >= 11 is 0. The van der Waals surface area contributed by atoms with Gasteiger partial charge >= 0.3 is 0 Å². The summed E-state index contributed by atoms with van der Waals surface area (Å²) in [6, 6.07) is 15.8. The van der Waals surface area contributed by atoms with Gasteiger partial charge in [-0.15, -0.1) is 0 Å². The van der Waals surface area contributed by atoms with E-state index in [4.69, 9.17) is 9.47 Å². The number of ketones is 3. The first-order valence-electron chi connectivity index (χ1n) is 14.2. The number of benzene rings is 3.